The lowest BCUT2D eigenvalue weighted by atomic mass is 10.3. The van der Waals surface area contributed by atoms with E-state index in [-0.39, 0.29) is 12.5 Å². The number of nitrogens with zero attached hydrogens (tertiary/aromatic N) is 1. The second-order valence-electron chi connectivity index (χ2n) is 3.10. The topological polar surface area (TPSA) is 40.5 Å². The fraction of sp³-hybridized carbons (Fsp3) is 0.500. The van der Waals surface area contributed by atoms with Crippen molar-refractivity contribution in [2.75, 3.05) is 19.7 Å². The Morgan fingerprint density at radius 2 is 2.40 bits per heavy atom. The Balaban J connectivity index is 2.64. The van der Waals surface area contributed by atoms with Crippen LogP contribution >= 0.6 is 27.3 Å². The van der Waals surface area contributed by atoms with Crippen molar-refractivity contribution < 1.29 is 9.90 Å². The molecule has 1 aromatic heterocycles. The van der Waals surface area contributed by atoms with Crippen LogP contribution in [0.4, 0.5) is 0 Å². The molecule has 0 spiro atoms. The van der Waals surface area contributed by atoms with E-state index in [0.29, 0.717) is 25.1 Å². The van der Waals surface area contributed by atoms with E-state index in [1.165, 1.54) is 11.3 Å². The van der Waals surface area contributed by atoms with Gasteiger partial charge in [0.15, 0.2) is 0 Å². The Kier molecular flexibility index (Phi) is 5.28. The molecular weight excluding hydrogens is 278 g/mol. The first-order valence-corrected chi connectivity index (χ1v) is 6.50. The minimum Gasteiger partial charge on any atom is -0.396 e. The van der Waals surface area contributed by atoms with E-state index >= 15 is 0 Å². The van der Waals surface area contributed by atoms with Gasteiger partial charge in [0.1, 0.15) is 0 Å². The monoisotopic (exact) mass is 291 g/mol. The van der Waals surface area contributed by atoms with Crippen molar-refractivity contribution in [1.29, 1.82) is 0 Å². The predicted molar refractivity (Wildman–Crippen MR) is 65.3 cm³/mol. The number of amides is 1. The maximum Gasteiger partial charge on any atom is 0.254 e. The Morgan fingerprint density at radius 3 is 2.87 bits per heavy atom. The number of thiophene rings is 1. The zero-order valence-electron chi connectivity index (χ0n) is 8.57. The first-order chi connectivity index (χ1) is 7.19. The van der Waals surface area contributed by atoms with Crippen molar-refractivity contribution in [3.05, 3.63) is 20.8 Å². The Morgan fingerprint density at radius 1 is 1.67 bits per heavy atom. The molecule has 1 N–H and O–H groups in total. The van der Waals surface area contributed by atoms with Gasteiger partial charge in [0.25, 0.3) is 5.91 Å². The highest BCUT2D eigenvalue weighted by Gasteiger charge is 2.14. The van der Waals surface area contributed by atoms with Gasteiger partial charge in [0, 0.05) is 25.1 Å². The molecule has 0 saturated carbocycles. The van der Waals surface area contributed by atoms with Crippen molar-refractivity contribution in [2.45, 2.75) is 13.3 Å². The molecule has 1 heterocycles. The van der Waals surface area contributed by atoms with Gasteiger partial charge in [-0.1, -0.05) is 0 Å². The number of aliphatic hydroxyl groups is 1. The van der Waals surface area contributed by atoms with E-state index in [4.69, 9.17) is 5.11 Å². The maximum atomic E-state index is 11.9. The summed E-state index contributed by atoms with van der Waals surface area (Å²) in [7, 11) is 0. The molecule has 0 unspecified atom stereocenters. The van der Waals surface area contributed by atoms with E-state index in [1.807, 2.05) is 18.4 Å². The zero-order valence-corrected chi connectivity index (χ0v) is 11.0. The molecule has 0 bridgehead atoms. The molecule has 0 aliphatic rings. The molecule has 5 heteroatoms. The van der Waals surface area contributed by atoms with Crippen LogP contribution in [-0.4, -0.2) is 35.6 Å². The van der Waals surface area contributed by atoms with Crippen LogP contribution in [0.5, 0.6) is 0 Å². The number of hydrogen-bond acceptors (Lipinski definition) is 3. The lowest BCUT2D eigenvalue weighted by Gasteiger charge is -2.19. The van der Waals surface area contributed by atoms with Crippen LogP contribution in [0.15, 0.2) is 15.2 Å². The van der Waals surface area contributed by atoms with Gasteiger partial charge in [-0.25, -0.2) is 0 Å². The van der Waals surface area contributed by atoms with Gasteiger partial charge >= 0.3 is 0 Å². The molecule has 1 rings (SSSR count). The summed E-state index contributed by atoms with van der Waals surface area (Å²) in [5, 5.41) is 10.6. The molecule has 0 fully saturated rings. The van der Waals surface area contributed by atoms with Crippen molar-refractivity contribution in [3.8, 4) is 0 Å². The highest BCUT2D eigenvalue weighted by molar-refractivity contribution is 9.11. The molecule has 0 aliphatic heterocycles. The van der Waals surface area contributed by atoms with Gasteiger partial charge in [0.05, 0.1) is 9.35 Å². The molecule has 84 valence electrons. The summed E-state index contributed by atoms with van der Waals surface area (Å²) < 4.78 is 0.962. The number of rotatable bonds is 5. The largest absolute Gasteiger partial charge is 0.396 e. The summed E-state index contributed by atoms with van der Waals surface area (Å²) >= 11 is 4.84. The van der Waals surface area contributed by atoms with E-state index in [0.717, 1.165) is 3.79 Å². The molecule has 1 aromatic rings. The number of halogens is 1. The highest BCUT2D eigenvalue weighted by atomic mass is 79.9. The second-order valence-corrected chi connectivity index (χ2v) is 5.39. The molecule has 15 heavy (non-hydrogen) atoms. The first-order valence-electron chi connectivity index (χ1n) is 4.83. The van der Waals surface area contributed by atoms with Gasteiger partial charge in [-0.3, -0.25) is 4.79 Å². The van der Waals surface area contributed by atoms with Crippen LogP contribution in [0.3, 0.4) is 0 Å². The van der Waals surface area contributed by atoms with E-state index in [2.05, 4.69) is 15.9 Å². The normalized spacial score (nSPS) is 10.3. The minimum atomic E-state index is 0.0351. The summed E-state index contributed by atoms with van der Waals surface area (Å²) in [4.78, 5) is 13.7. The van der Waals surface area contributed by atoms with E-state index in [9.17, 15) is 4.79 Å². The van der Waals surface area contributed by atoms with Crippen LogP contribution < -0.4 is 0 Å². The van der Waals surface area contributed by atoms with E-state index in [1.54, 1.807) is 4.90 Å². The van der Waals surface area contributed by atoms with Gasteiger partial charge in [-0.15, -0.1) is 11.3 Å². The maximum absolute atomic E-state index is 11.9. The smallest absolute Gasteiger partial charge is 0.254 e. The molecule has 0 radical (unpaired) electrons. The molecular formula is C10H14BrNO2S. The van der Waals surface area contributed by atoms with Crippen LogP contribution in [0.25, 0.3) is 0 Å². The first kappa shape index (κ1) is 12.7. The summed E-state index contributed by atoms with van der Waals surface area (Å²) in [5.74, 6) is 0.0351. The zero-order chi connectivity index (χ0) is 11.3. The third-order valence-electron chi connectivity index (χ3n) is 2.07. The highest BCUT2D eigenvalue weighted by Crippen LogP contribution is 2.21. The fourth-order valence-electron chi connectivity index (χ4n) is 1.27. The fourth-order valence-corrected chi connectivity index (χ4v) is 2.40. The van der Waals surface area contributed by atoms with Crippen LogP contribution in [-0.2, 0) is 0 Å². The molecule has 0 aliphatic carbocycles. The average Bonchev–Trinajstić information content (AvgIpc) is 2.65. The van der Waals surface area contributed by atoms with Gasteiger partial charge in [-0.2, -0.15) is 0 Å². The summed E-state index contributed by atoms with van der Waals surface area (Å²) in [6.07, 6.45) is 0.630. The van der Waals surface area contributed by atoms with Gasteiger partial charge < -0.3 is 10.0 Å². The lowest BCUT2D eigenvalue weighted by Crippen LogP contribution is -2.31. The Hall–Kier alpha value is -0.390. The summed E-state index contributed by atoms with van der Waals surface area (Å²) in [6, 6.07) is 1.83. The third-order valence-corrected chi connectivity index (χ3v) is 3.57. The van der Waals surface area contributed by atoms with E-state index < -0.39 is 0 Å². The Bertz CT molecular complexity index is 327. The second kappa shape index (κ2) is 6.25. The third kappa shape index (κ3) is 3.59. The average molecular weight is 292 g/mol. The van der Waals surface area contributed by atoms with Crippen molar-refractivity contribution in [1.82, 2.24) is 4.90 Å². The lowest BCUT2D eigenvalue weighted by molar-refractivity contribution is 0.0755. The SMILES string of the molecule is CCN(CCCO)C(=O)c1csc(Br)c1. The number of carbonyl (C=O) groups is 1. The predicted octanol–water partition coefficient (Wildman–Crippen LogP) is 2.36. The Labute approximate surface area is 102 Å². The summed E-state index contributed by atoms with van der Waals surface area (Å²) in [5.41, 5.74) is 0.715. The summed E-state index contributed by atoms with van der Waals surface area (Å²) in [6.45, 7) is 3.35. The standard InChI is InChI=1S/C10H14BrNO2S/c1-2-12(4-3-5-13)10(14)8-6-9(11)15-7-8/h6-7,13H,2-5H2,1H3. The number of carbonyl (C=O) groups excluding carboxylic acids is 1. The number of hydrogen-bond donors (Lipinski definition) is 1. The molecule has 1 amide bonds. The minimum absolute atomic E-state index is 0.0351. The molecule has 3 nitrogen and oxygen atoms in total. The van der Waals surface area contributed by atoms with Crippen LogP contribution in [0.1, 0.15) is 23.7 Å². The molecule has 0 atom stereocenters. The molecule has 0 saturated heterocycles. The quantitative estimate of drug-likeness (QED) is 0.905. The van der Waals surface area contributed by atoms with Gasteiger partial charge in [-0.05, 0) is 35.3 Å². The molecule has 0 aromatic carbocycles. The van der Waals surface area contributed by atoms with Crippen molar-refractivity contribution in [3.63, 3.8) is 0 Å². The van der Waals surface area contributed by atoms with Crippen LogP contribution in [0, 0.1) is 0 Å². The number of aliphatic hydroxyl groups excluding tert-OH is 1. The van der Waals surface area contributed by atoms with Gasteiger partial charge in [0.2, 0.25) is 0 Å². The van der Waals surface area contributed by atoms with Crippen LogP contribution in [0.2, 0.25) is 0 Å². The van der Waals surface area contributed by atoms with Crippen molar-refractivity contribution >= 4 is 33.2 Å². The van der Waals surface area contributed by atoms with Crippen molar-refractivity contribution in [2.24, 2.45) is 0 Å².